The lowest BCUT2D eigenvalue weighted by molar-refractivity contribution is -0.143. The molecule has 118 valence electrons. The lowest BCUT2D eigenvalue weighted by Gasteiger charge is -2.22. The first-order chi connectivity index (χ1) is 9.87. The standard InChI is InChI=1S/C13H17BrF3N3O/c14-11-10(18-6-9-4-2-1-3-5-9)7-19-20(12(11)21)8-13(15,16)17/h7,9,18H,1-6,8H2. The van der Waals surface area contributed by atoms with Gasteiger partial charge >= 0.3 is 6.18 Å². The van der Waals surface area contributed by atoms with Crippen LogP contribution >= 0.6 is 15.9 Å². The molecule has 0 bridgehead atoms. The Morgan fingerprint density at radius 1 is 1.33 bits per heavy atom. The number of hydrogen-bond acceptors (Lipinski definition) is 3. The predicted molar refractivity (Wildman–Crippen MR) is 77.3 cm³/mol. The molecule has 21 heavy (non-hydrogen) atoms. The Kier molecular flexibility index (Phi) is 5.29. The number of anilines is 1. The Hall–Kier alpha value is -1.05. The maximum Gasteiger partial charge on any atom is 0.408 e. The van der Waals surface area contributed by atoms with Gasteiger partial charge in [0.1, 0.15) is 11.0 Å². The Balaban J connectivity index is 2.04. The Morgan fingerprint density at radius 2 is 2.00 bits per heavy atom. The van der Waals surface area contributed by atoms with Crippen molar-refractivity contribution in [3.8, 4) is 0 Å². The van der Waals surface area contributed by atoms with Gasteiger partial charge in [0.25, 0.3) is 5.56 Å². The minimum Gasteiger partial charge on any atom is -0.382 e. The van der Waals surface area contributed by atoms with E-state index in [4.69, 9.17) is 0 Å². The van der Waals surface area contributed by atoms with Crippen molar-refractivity contribution >= 4 is 21.6 Å². The lowest BCUT2D eigenvalue weighted by atomic mass is 9.89. The normalized spacial score (nSPS) is 17.0. The van der Waals surface area contributed by atoms with E-state index < -0.39 is 18.3 Å². The molecule has 1 saturated carbocycles. The second-order valence-electron chi connectivity index (χ2n) is 5.34. The summed E-state index contributed by atoms with van der Waals surface area (Å²) in [6.45, 7) is -0.670. The summed E-state index contributed by atoms with van der Waals surface area (Å²) in [7, 11) is 0. The largest absolute Gasteiger partial charge is 0.408 e. The second-order valence-corrected chi connectivity index (χ2v) is 6.13. The molecule has 0 amide bonds. The summed E-state index contributed by atoms with van der Waals surface area (Å²) >= 11 is 3.06. The molecule has 1 aromatic heterocycles. The zero-order chi connectivity index (χ0) is 15.5. The molecular formula is C13H17BrF3N3O. The van der Waals surface area contributed by atoms with Gasteiger partial charge in [-0.3, -0.25) is 4.79 Å². The van der Waals surface area contributed by atoms with Crippen molar-refractivity contribution in [2.45, 2.75) is 44.8 Å². The summed E-state index contributed by atoms with van der Waals surface area (Å²) in [5, 5.41) is 6.69. The quantitative estimate of drug-likeness (QED) is 0.884. The average molecular weight is 368 g/mol. The van der Waals surface area contributed by atoms with Crippen LogP contribution in [0, 0.1) is 5.92 Å². The number of nitrogens with one attached hydrogen (secondary N) is 1. The second kappa shape index (κ2) is 6.81. The third kappa shape index (κ3) is 4.72. The van der Waals surface area contributed by atoms with Crippen LogP contribution in [0.3, 0.4) is 0 Å². The van der Waals surface area contributed by atoms with Gasteiger partial charge in [-0.15, -0.1) is 0 Å². The van der Waals surface area contributed by atoms with Crippen molar-refractivity contribution in [2.75, 3.05) is 11.9 Å². The highest BCUT2D eigenvalue weighted by molar-refractivity contribution is 9.10. The lowest BCUT2D eigenvalue weighted by Crippen LogP contribution is -2.31. The highest BCUT2D eigenvalue weighted by Gasteiger charge is 2.29. The molecule has 1 aliphatic rings. The van der Waals surface area contributed by atoms with Crippen molar-refractivity contribution in [2.24, 2.45) is 5.92 Å². The van der Waals surface area contributed by atoms with E-state index in [1.807, 2.05) is 0 Å². The zero-order valence-corrected chi connectivity index (χ0v) is 13.0. The molecule has 1 heterocycles. The number of rotatable bonds is 4. The first-order valence-corrected chi connectivity index (χ1v) is 7.72. The van der Waals surface area contributed by atoms with Crippen molar-refractivity contribution in [1.82, 2.24) is 9.78 Å². The topological polar surface area (TPSA) is 46.9 Å². The van der Waals surface area contributed by atoms with Gasteiger partial charge in [0.05, 0.1) is 11.9 Å². The molecule has 0 unspecified atom stereocenters. The van der Waals surface area contributed by atoms with Crippen LogP contribution in [0.15, 0.2) is 15.5 Å². The van der Waals surface area contributed by atoms with E-state index in [1.165, 1.54) is 25.5 Å². The molecule has 0 radical (unpaired) electrons. The molecule has 8 heteroatoms. The van der Waals surface area contributed by atoms with Crippen molar-refractivity contribution in [3.63, 3.8) is 0 Å². The monoisotopic (exact) mass is 367 g/mol. The van der Waals surface area contributed by atoms with E-state index >= 15 is 0 Å². The van der Waals surface area contributed by atoms with Gasteiger partial charge in [-0.05, 0) is 34.7 Å². The number of nitrogens with zero attached hydrogens (tertiary/aromatic N) is 2. The third-order valence-electron chi connectivity index (χ3n) is 3.62. The molecule has 2 rings (SSSR count). The number of alkyl halides is 3. The molecule has 1 aromatic rings. The molecular weight excluding hydrogens is 351 g/mol. The van der Waals surface area contributed by atoms with Crippen LogP contribution in [0.2, 0.25) is 0 Å². The van der Waals surface area contributed by atoms with Gasteiger partial charge in [0.2, 0.25) is 0 Å². The number of hydrogen-bond donors (Lipinski definition) is 1. The van der Waals surface area contributed by atoms with Gasteiger partial charge in [-0.1, -0.05) is 19.3 Å². The van der Waals surface area contributed by atoms with Crippen LogP contribution in [0.25, 0.3) is 0 Å². The van der Waals surface area contributed by atoms with Gasteiger partial charge in [0.15, 0.2) is 0 Å². The highest BCUT2D eigenvalue weighted by atomic mass is 79.9. The Morgan fingerprint density at radius 3 is 2.62 bits per heavy atom. The Labute approximate surface area is 128 Å². The van der Waals surface area contributed by atoms with Crippen molar-refractivity contribution in [1.29, 1.82) is 0 Å². The van der Waals surface area contributed by atoms with E-state index in [0.717, 1.165) is 12.8 Å². The molecule has 0 atom stereocenters. The molecule has 4 nitrogen and oxygen atoms in total. The van der Waals surface area contributed by atoms with E-state index in [1.54, 1.807) is 0 Å². The van der Waals surface area contributed by atoms with E-state index in [0.29, 0.717) is 22.8 Å². The first-order valence-electron chi connectivity index (χ1n) is 6.93. The fourth-order valence-electron chi connectivity index (χ4n) is 2.52. The summed E-state index contributed by atoms with van der Waals surface area (Å²) in [6, 6.07) is 0. The summed E-state index contributed by atoms with van der Waals surface area (Å²) in [6.07, 6.45) is 2.76. The van der Waals surface area contributed by atoms with Crippen LogP contribution in [0.5, 0.6) is 0 Å². The minimum absolute atomic E-state index is 0.0950. The van der Waals surface area contributed by atoms with Crippen molar-refractivity contribution < 1.29 is 13.2 Å². The summed E-state index contributed by atoms with van der Waals surface area (Å²) in [5.74, 6) is 0.545. The first kappa shape index (κ1) is 16.3. The molecule has 0 aromatic carbocycles. The summed E-state index contributed by atoms with van der Waals surface area (Å²) in [5.41, 5.74) is -0.329. The average Bonchev–Trinajstić information content (AvgIpc) is 2.43. The van der Waals surface area contributed by atoms with Crippen molar-refractivity contribution in [3.05, 3.63) is 21.0 Å². The maximum absolute atomic E-state index is 12.3. The van der Waals surface area contributed by atoms with Gasteiger partial charge in [0, 0.05) is 6.54 Å². The third-order valence-corrected chi connectivity index (χ3v) is 4.39. The van der Waals surface area contributed by atoms with E-state index in [2.05, 4.69) is 26.3 Å². The SMILES string of the molecule is O=c1c(Br)c(NCC2CCCCC2)cnn1CC(F)(F)F. The van der Waals surface area contributed by atoms with Crippen LogP contribution < -0.4 is 10.9 Å². The van der Waals surface area contributed by atoms with E-state index in [9.17, 15) is 18.0 Å². The van der Waals surface area contributed by atoms with Crippen LogP contribution in [-0.4, -0.2) is 22.5 Å². The number of aromatic nitrogens is 2. The zero-order valence-electron chi connectivity index (χ0n) is 11.4. The minimum atomic E-state index is -4.46. The molecule has 0 aliphatic heterocycles. The van der Waals surface area contributed by atoms with Gasteiger partial charge < -0.3 is 5.32 Å². The van der Waals surface area contributed by atoms with E-state index in [-0.39, 0.29) is 4.47 Å². The summed E-state index contributed by atoms with van der Waals surface area (Å²) < 4.78 is 37.4. The molecule has 0 spiro atoms. The maximum atomic E-state index is 12.3. The van der Waals surface area contributed by atoms with Gasteiger partial charge in [-0.25, -0.2) is 4.68 Å². The molecule has 0 saturated heterocycles. The fraction of sp³-hybridized carbons (Fsp3) is 0.692. The van der Waals surface area contributed by atoms with Crippen LogP contribution in [0.1, 0.15) is 32.1 Å². The van der Waals surface area contributed by atoms with Gasteiger partial charge in [-0.2, -0.15) is 18.3 Å². The number of halogens is 4. The molecule has 1 fully saturated rings. The smallest absolute Gasteiger partial charge is 0.382 e. The molecule has 1 aliphatic carbocycles. The fourth-order valence-corrected chi connectivity index (χ4v) is 2.96. The van der Waals surface area contributed by atoms with Crippen LogP contribution in [0.4, 0.5) is 18.9 Å². The molecule has 1 N–H and O–H groups in total. The highest BCUT2D eigenvalue weighted by Crippen LogP contribution is 2.25. The predicted octanol–water partition coefficient (Wildman–Crippen LogP) is 3.56. The van der Waals surface area contributed by atoms with Crippen LogP contribution in [-0.2, 0) is 6.54 Å². The summed E-state index contributed by atoms with van der Waals surface area (Å²) in [4.78, 5) is 11.8. The Bertz CT molecular complexity index is 538.